The molecule has 0 spiro atoms. The third-order valence-corrected chi connectivity index (χ3v) is 5.56. The highest BCUT2D eigenvalue weighted by Gasteiger charge is 2.28. The van der Waals surface area contributed by atoms with E-state index in [1.165, 1.54) is 11.1 Å². The van der Waals surface area contributed by atoms with Gasteiger partial charge >= 0.3 is 0 Å². The van der Waals surface area contributed by atoms with Crippen molar-refractivity contribution in [3.63, 3.8) is 0 Å². The average molecular weight is 304 g/mol. The van der Waals surface area contributed by atoms with Crippen molar-refractivity contribution in [3.05, 3.63) is 33.8 Å². The summed E-state index contributed by atoms with van der Waals surface area (Å²) in [5.41, 5.74) is 4.02. The summed E-state index contributed by atoms with van der Waals surface area (Å²) in [6.45, 7) is 11.0. The average Bonchev–Trinajstić information content (AvgIpc) is 2.22. The Morgan fingerprint density at radius 2 is 1.81 bits per heavy atom. The normalized spacial score (nSPS) is 13.9. The van der Waals surface area contributed by atoms with Crippen LogP contribution in [0.1, 0.15) is 48.7 Å². The third kappa shape index (κ3) is 2.81. The molecule has 2 heteroatoms. The lowest BCUT2D eigenvalue weighted by Crippen LogP contribution is -2.17. The molecule has 1 atom stereocenters. The predicted octanol–water partition coefficient (Wildman–Crippen LogP) is 5.83. The van der Waals surface area contributed by atoms with Gasteiger partial charge in [0.1, 0.15) is 0 Å². The van der Waals surface area contributed by atoms with Crippen LogP contribution in [-0.4, -0.2) is 0 Å². The zero-order chi connectivity index (χ0) is 12.5. The molecule has 0 aromatic heterocycles. The fourth-order valence-electron chi connectivity index (χ4n) is 1.68. The molecule has 0 bridgehead atoms. The van der Waals surface area contributed by atoms with Crippen LogP contribution in [-0.2, 0) is 0 Å². The second-order valence-corrected chi connectivity index (χ2v) is 6.49. The molecule has 1 aromatic rings. The molecule has 0 aliphatic rings. The molecule has 0 amide bonds. The standard InChI is InChI=1S/C14H20BrCl/c1-6-14(4,5)13(15)11-7-10(3)12(16)8-9(11)2/h7-8,13H,6H2,1-5H3. The second-order valence-electron chi connectivity index (χ2n) is 5.16. The number of halogens is 2. The molecule has 16 heavy (non-hydrogen) atoms. The van der Waals surface area contributed by atoms with Crippen molar-refractivity contribution in [2.75, 3.05) is 0 Å². The Balaban J connectivity index is 3.19. The summed E-state index contributed by atoms with van der Waals surface area (Å²) < 4.78 is 0. The summed E-state index contributed by atoms with van der Waals surface area (Å²) in [6.07, 6.45) is 1.14. The summed E-state index contributed by atoms with van der Waals surface area (Å²) in [6, 6.07) is 4.26. The Labute approximate surface area is 113 Å². The minimum atomic E-state index is 0.255. The van der Waals surface area contributed by atoms with Crippen molar-refractivity contribution in [1.82, 2.24) is 0 Å². The fraction of sp³-hybridized carbons (Fsp3) is 0.571. The molecule has 0 fully saturated rings. The van der Waals surface area contributed by atoms with E-state index in [9.17, 15) is 0 Å². The highest BCUT2D eigenvalue weighted by molar-refractivity contribution is 9.09. The van der Waals surface area contributed by atoms with E-state index in [2.05, 4.69) is 62.7 Å². The molecular weight excluding hydrogens is 284 g/mol. The van der Waals surface area contributed by atoms with Gasteiger partial charge < -0.3 is 0 Å². The van der Waals surface area contributed by atoms with Crippen LogP contribution < -0.4 is 0 Å². The van der Waals surface area contributed by atoms with Crippen LogP contribution in [0.4, 0.5) is 0 Å². The van der Waals surface area contributed by atoms with E-state index in [4.69, 9.17) is 11.6 Å². The molecule has 1 rings (SSSR count). The number of benzene rings is 1. The number of aryl methyl sites for hydroxylation is 2. The van der Waals surface area contributed by atoms with E-state index < -0.39 is 0 Å². The van der Waals surface area contributed by atoms with E-state index in [-0.39, 0.29) is 5.41 Å². The number of rotatable bonds is 3. The van der Waals surface area contributed by atoms with Crippen LogP contribution in [0, 0.1) is 19.3 Å². The lowest BCUT2D eigenvalue weighted by atomic mass is 9.81. The molecule has 1 unspecified atom stereocenters. The molecule has 0 N–H and O–H groups in total. The second kappa shape index (κ2) is 5.10. The quantitative estimate of drug-likeness (QED) is 0.616. The third-order valence-electron chi connectivity index (χ3n) is 3.42. The monoisotopic (exact) mass is 302 g/mol. The first-order valence-corrected chi connectivity index (χ1v) is 6.99. The SMILES string of the molecule is CCC(C)(C)C(Br)c1cc(C)c(Cl)cc1C. The van der Waals surface area contributed by atoms with Gasteiger partial charge in [0, 0.05) is 9.85 Å². The van der Waals surface area contributed by atoms with Gasteiger partial charge in [-0.05, 0) is 48.4 Å². The Kier molecular flexibility index (Phi) is 4.48. The summed E-state index contributed by atoms with van der Waals surface area (Å²) in [5.74, 6) is 0. The van der Waals surface area contributed by atoms with Crippen LogP contribution in [0.2, 0.25) is 5.02 Å². The summed E-state index contributed by atoms with van der Waals surface area (Å²) >= 11 is 9.96. The molecule has 0 aliphatic heterocycles. The van der Waals surface area contributed by atoms with Crippen LogP contribution in [0.5, 0.6) is 0 Å². The highest BCUT2D eigenvalue weighted by Crippen LogP contribution is 2.44. The van der Waals surface area contributed by atoms with E-state index in [0.29, 0.717) is 4.83 Å². The zero-order valence-electron chi connectivity index (χ0n) is 10.7. The van der Waals surface area contributed by atoms with Gasteiger partial charge in [-0.1, -0.05) is 54.4 Å². The minimum Gasteiger partial charge on any atom is -0.0840 e. The Morgan fingerprint density at radius 3 is 2.31 bits per heavy atom. The van der Waals surface area contributed by atoms with Crippen molar-refractivity contribution >= 4 is 27.5 Å². The molecule has 0 radical (unpaired) electrons. The first-order chi connectivity index (χ1) is 7.29. The highest BCUT2D eigenvalue weighted by atomic mass is 79.9. The first-order valence-electron chi connectivity index (χ1n) is 5.70. The molecule has 0 saturated carbocycles. The number of hydrogen-bond donors (Lipinski definition) is 0. The summed E-state index contributed by atoms with van der Waals surface area (Å²) in [4.78, 5) is 0.376. The van der Waals surface area contributed by atoms with Crippen molar-refractivity contribution in [3.8, 4) is 0 Å². The summed E-state index contributed by atoms with van der Waals surface area (Å²) in [5, 5.41) is 0.857. The van der Waals surface area contributed by atoms with Gasteiger partial charge in [-0.25, -0.2) is 0 Å². The van der Waals surface area contributed by atoms with Crippen LogP contribution in [0.3, 0.4) is 0 Å². The molecule has 0 nitrogen and oxygen atoms in total. The van der Waals surface area contributed by atoms with Gasteiger partial charge in [0.15, 0.2) is 0 Å². The lowest BCUT2D eigenvalue weighted by molar-refractivity contribution is 0.345. The van der Waals surface area contributed by atoms with Gasteiger partial charge in [0.25, 0.3) is 0 Å². The molecule has 1 aromatic carbocycles. The fourth-order valence-corrected chi connectivity index (χ4v) is 2.71. The Morgan fingerprint density at radius 1 is 1.25 bits per heavy atom. The molecular formula is C14H20BrCl. The van der Waals surface area contributed by atoms with Gasteiger partial charge in [-0.2, -0.15) is 0 Å². The van der Waals surface area contributed by atoms with Crippen LogP contribution >= 0.6 is 27.5 Å². The van der Waals surface area contributed by atoms with Gasteiger partial charge in [0.05, 0.1) is 0 Å². The van der Waals surface area contributed by atoms with Crippen LogP contribution in [0.25, 0.3) is 0 Å². The maximum Gasteiger partial charge on any atom is 0.0448 e. The molecule has 0 heterocycles. The van der Waals surface area contributed by atoms with Gasteiger partial charge in [0.2, 0.25) is 0 Å². The predicted molar refractivity (Wildman–Crippen MR) is 76.7 cm³/mol. The van der Waals surface area contributed by atoms with Gasteiger partial charge in [-0.15, -0.1) is 0 Å². The van der Waals surface area contributed by atoms with E-state index in [1.807, 2.05) is 0 Å². The topological polar surface area (TPSA) is 0 Å². The Bertz CT molecular complexity index is 383. The molecule has 0 aliphatic carbocycles. The van der Waals surface area contributed by atoms with Crippen molar-refractivity contribution < 1.29 is 0 Å². The minimum absolute atomic E-state index is 0.255. The molecule has 90 valence electrons. The number of hydrogen-bond acceptors (Lipinski definition) is 0. The van der Waals surface area contributed by atoms with Crippen LogP contribution in [0.15, 0.2) is 12.1 Å². The maximum absolute atomic E-state index is 6.12. The Hall–Kier alpha value is -0.0100. The van der Waals surface area contributed by atoms with E-state index >= 15 is 0 Å². The van der Waals surface area contributed by atoms with E-state index in [1.54, 1.807) is 0 Å². The first kappa shape index (κ1) is 14.1. The van der Waals surface area contributed by atoms with Crippen molar-refractivity contribution in [1.29, 1.82) is 0 Å². The number of alkyl halides is 1. The lowest BCUT2D eigenvalue weighted by Gasteiger charge is -2.30. The van der Waals surface area contributed by atoms with E-state index in [0.717, 1.165) is 17.0 Å². The smallest absolute Gasteiger partial charge is 0.0448 e. The zero-order valence-corrected chi connectivity index (χ0v) is 13.0. The van der Waals surface area contributed by atoms with Crippen molar-refractivity contribution in [2.24, 2.45) is 5.41 Å². The maximum atomic E-state index is 6.12. The summed E-state index contributed by atoms with van der Waals surface area (Å²) in [7, 11) is 0. The molecule has 0 saturated heterocycles. The largest absolute Gasteiger partial charge is 0.0840 e. The van der Waals surface area contributed by atoms with Crippen molar-refractivity contribution in [2.45, 2.75) is 45.9 Å². The van der Waals surface area contributed by atoms with Gasteiger partial charge in [-0.3, -0.25) is 0 Å².